The molecule has 3 heteroatoms. The molecule has 2 nitrogen and oxygen atoms in total. The number of pyridine rings is 1. The number of rotatable bonds is 4. The number of fused-ring (bicyclic) bond motifs is 4. The van der Waals surface area contributed by atoms with Crippen molar-refractivity contribution < 1.29 is 4.57 Å². The quantitative estimate of drug-likeness (QED) is 0.139. The third kappa shape index (κ3) is 3.57. The van der Waals surface area contributed by atoms with E-state index in [0.29, 0.717) is 0 Å². The summed E-state index contributed by atoms with van der Waals surface area (Å²) in [7, 11) is -3.03. The fourth-order valence-electron chi connectivity index (χ4n) is 5.57. The first kappa shape index (κ1) is 22.7. The van der Waals surface area contributed by atoms with E-state index >= 15 is 0 Å². The molecule has 0 aliphatic heterocycles. The maximum atomic E-state index is 14.8. The highest BCUT2D eigenvalue weighted by Crippen LogP contribution is 2.43. The van der Waals surface area contributed by atoms with Crippen LogP contribution in [0.3, 0.4) is 0 Å². The Morgan fingerprint density at radius 1 is 0.474 bits per heavy atom. The van der Waals surface area contributed by atoms with Gasteiger partial charge in [0.05, 0.1) is 5.52 Å². The van der Waals surface area contributed by atoms with Gasteiger partial charge in [-0.3, -0.25) is 4.98 Å². The fourth-order valence-corrected chi connectivity index (χ4v) is 8.21. The lowest BCUT2D eigenvalue weighted by Crippen LogP contribution is -2.24. The summed E-state index contributed by atoms with van der Waals surface area (Å²) in [6.07, 6.45) is 1.85. The minimum atomic E-state index is -3.03. The van der Waals surface area contributed by atoms with Gasteiger partial charge in [0.2, 0.25) is 0 Å². The van der Waals surface area contributed by atoms with E-state index < -0.39 is 7.14 Å². The van der Waals surface area contributed by atoms with Crippen molar-refractivity contribution in [2.45, 2.75) is 0 Å². The maximum absolute atomic E-state index is 14.8. The molecule has 0 saturated heterocycles. The van der Waals surface area contributed by atoms with Crippen LogP contribution in [-0.4, -0.2) is 4.98 Å². The lowest BCUT2D eigenvalue weighted by Gasteiger charge is -2.20. The molecule has 0 aliphatic carbocycles. The molecule has 7 aromatic rings. The first-order chi connectivity index (χ1) is 18.7. The third-order valence-corrected chi connectivity index (χ3v) is 10.5. The molecule has 0 amide bonds. The van der Waals surface area contributed by atoms with Gasteiger partial charge in [0.15, 0.2) is 7.14 Å². The Morgan fingerprint density at radius 2 is 1.08 bits per heavy atom. The zero-order chi connectivity index (χ0) is 25.5. The normalized spacial score (nSPS) is 11.8. The molecular formula is C35H24NOP. The van der Waals surface area contributed by atoms with Crippen LogP contribution in [0.4, 0.5) is 0 Å². The molecule has 0 radical (unpaired) electrons. The predicted molar refractivity (Wildman–Crippen MR) is 162 cm³/mol. The fraction of sp³-hybridized carbons (Fsp3) is 0. The standard InChI is InChI=1S/C35H24NOP/c37-38(27-11-3-1-4-12-27,28-13-5-2-6-14-28)29-20-17-26(18-21-29)35-31-22-19-25-10-7-8-15-30(25)33(31)24-34-32(35)16-9-23-36-34/h1-24H. The SMILES string of the molecule is O=P(c1ccccc1)(c1ccccc1)c1ccc(-c2c3cccnc3cc3c2ccc2ccccc23)cc1. The van der Waals surface area contributed by atoms with Crippen LogP contribution < -0.4 is 15.9 Å². The molecule has 6 aromatic carbocycles. The second-order valence-electron chi connectivity index (χ2n) is 9.53. The van der Waals surface area contributed by atoms with Gasteiger partial charge < -0.3 is 4.57 Å². The molecule has 1 aromatic heterocycles. The Hall–Kier alpha value is -4.52. The molecule has 0 aliphatic rings. The zero-order valence-corrected chi connectivity index (χ0v) is 21.6. The van der Waals surface area contributed by atoms with E-state index in [0.717, 1.165) is 37.9 Å². The molecule has 1 heterocycles. The Morgan fingerprint density at radius 3 is 1.79 bits per heavy atom. The molecule has 7 rings (SSSR count). The summed E-state index contributed by atoms with van der Waals surface area (Å²) in [5.41, 5.74) is 3.20. The van der Waals surface area contributed by atoms with Crippen LogP contribution in [0.5, 0.6) is 0 Å². The average Bonchev–Trinajstić information content (AvgIpc) is 3.00. The second kappa shape index (κ2) is 9.10. The van der Waals surface area contributed by atoms with Gasteiger partial charge in [0.1, 0.15) is 0 Å². The summed E-state index contributed by atoms with van der Waals surface area (Å²) in [4.78, 5) is 4.72. The minimum Gasteiger partial charge on any atom is -0.309 e. The largest absolute Gasteiger partial charge is 0.309 e. The highest BCUT2D eigenvalue weighted by Gasteiger charge is 2.29. The number of nitrogens with zero attached hydrogens (tertiary/aromatic N) is 1. The number of aromatic nitrogens is 1. The molecule has 0 saturated carbocycles. The van der Waals surface area contributed by atoms with E-state index in [-0.39, 0.29) is 0 Å². The van der Waals surface area contributed by atoms with E-state index in [4.69, 9.17) is 4.98 Å². The first-order valence-corrected chi connectivity index (χ1v) is 14.5. The van der Waals surface area contributed by atoms with Crippen LogP contribution in [0.2, 0.25) is 0 Å². The van der Waals surface area contributed by atoms with Gasteiger partial charge >= 0.3 is 0 Å². The summed E-state index contributed by atoms with van der Waals surface area (Å²) in [5.74, 6) is 0. The van der Waals surface area contributed by atoms with Crippen LogP contribution in [0, 0.1) is 0 Å². The van der Waals surface area contributed by atoms with Crippen molar-refractivity contribution in [3.8, 4) is 11.1 Å². The van der Waals surface area contributed by atoms with Crippen molar-refractivity contribution in [3.05, 3.63) is 146 Å². The summed E-state index contributed by atoms with van der Waals surface area (Å²) >= 11 is 0. The van der Waals surface area contributed by atoms with Gasteiger partial charge in [-0.05, 0) is 44.8 Å². The molecule has 38 heavy (non-hydrogen) atoms. The van der Waals surface area contributed by atoms with Crippen LogP contribution in [0.15, 0.2) is 146 Å². The van der Waals surface area contributed by atoms with Crippen LogP contribution in [-0.2, 0) is 4.57 Å². The summed E-state index contributed by atoms with van der Waals surface area (Å²) in [5, 5.41) is 8.41. The van der Waals surface area contributed by atoms with Crippen LogP contribution >= 0.6 is 7.14 Å². The second-order valence-corrected chi connectivity index (χ2v) is 12.3. The number of benzene rings is 6. The van der Waals surface area contributed by atoms with Crippen LogP contribution in [0.25, 0.3) is 43.6 Å². The number of hydrogen-bond donors (Lipinski definition) is 0. The lowest BCUT2D eigenvalue weighted by atomic mass is 9.91. The van der Waals surface area contributed by atoms with E-state index in [1.54, 1.807) is 0 Å². The highest BCUT2D eigenvalue weighted by molar-refractivity contribution is 7.85. The summed E-state index contributed by atoms with van der Waals surface area (Å²) in [6, 6.07) is 47.2. The Kier molecular flexibility index (Phi) is 5.43. The maximum Gasteiger partial charge on any atom is 0.171 e. The Balaban J connectivity index is 1.47. The Labute approximate surface area is 221 Å². The molecule has 0 bridgehead atoms. The van der Waals surface area contributed by atoms with Crippen LogP contribution in [0.1, 0.15) is 0 Å². The minimum absolute atomic E-state index is 0.826. The predicted octanol–water partition coefficient (Wildman–Crippen LogP) is 7.85. The van der Waals surface area contributed by atoms with Crippen molar-refractivity contribution in [2.24, 2.45) is 0 Å². The summed E-state index contributed by atoms with van der Waals surface area (Å²) < 4.78 is 14.8. The van der Waals surface area contributed by atoms with Gasteiger partial charge in [0.25, 0.3) is 0 Å². The average molecular weight is 506 g/mol. The van der Waals surface area contributed by atoms with Crippen molar-refractivity contribution in [2.75, 3.05) is 0 Å². The molecule has 180 valence electrons. The van der Waals surface area contributed by atoms with Gasteiger partial charge in [0, 0.05) is 27.5 Å². The molecule has 0 unspecified atom stereocenters. The molecule has 0 N–H and O–H groups in total. The van der Waals surface area contributed by atoms with E-state index in [1.807, 2.05) is 85.1 Å². The van der Waals surface area contributed by atoms with Crippen molar-refractivity contribution >= 4 is 55.5 Å². The van der Waals surface area contributed by atoms with Crippen molar-refractivity contribution in [1.29, 1.82) is 0 Å². The molecule has 0 fully saturated rings. The lowest BCUT2D eigenvalue weighted by molar-refractivity contribution is 0.592. The molecule has 0 spiro atoms. The van der Waals surface area contributed by atoms with Crippen molar-refractivity contribution in [1.82, 2.24) is 4.98 Å². The smallest absolute Gasteiger partial charge is 0.171 e. The third-order valence-electron chi connectivity index (χ3n) is 7.39. The van der Waals surface area contributed by atoms with Gasteiger partial charge in [-0.1, -0.05) is 127 Å². The van der Waals surface area contributed by atoms with Gasteiger partial charge in [-0.25, -0.2) is 0 Å². The summed E-state index contributed by atoms with van der Waals surface area (Å²) in [6.45, 7) is 0. The van der Waals surface area contributed by atoms with E-state index in [9.17, 15) is 4.57 Å². The topological polar surface area (TPSA) is 30.0 Å². The van der Waals surface area contributed by atoms with Crippen molar-refractivity contribution in [3.63, 3.8) is 0 Å². The monoisotopic (exact) mass is 505 g/mol. The molecular weight excluding hydrogens is 481 g/mol. The Bertz CT molecular complexity index is 1940. The first-order valence-electron chi connectivity index (χ1n) is 12.7. The van der Waals surface area contributed by atoms with E-state index in [2.05, 4.69) is 60.7 Å². The van der Waals surface area contributed by atoms with E-state index in [1.165, 1.54) is 21.5 Å². The van der Waals surface area contributed by atoms with Gasteiger partial charge in [-0.2, -0.15) is 0 Å². The molecule has 0 atom stereocenters. The highest BCUT2D eigenvalue weighted by atomic mass is 31.2. The number of hydrogen-bond acceptors (Lipinski definition) is 2. The zero-order valence-electron chi connectivity index (χ0n) is 20.7. The van der Waals surface area contributed by atoms with Gasteiger partial charge in [-0.15, -0.1) is 0 Å².